The van der Waals surface area contributed by atoms with Crippen LogP contribution in [-0.4, -0.2) is 25.0 Å². The van der Waals surface area contributed by atoms with Crippen molar-refractivity contribution in [2.24, 2.45) is 0 Å². The van der Waals surface area contributed by atoms with Crippen LogP contribution in [0, 0.1) is 0 Å². The summed E-state index contributed by atoms with van der Waals surface area (Å²) in [4.78, 5) is 18.6. The van der Waals surface area contributed by atoms with Crippen LogP contribution in [0.4, 0.5) is 13.2 Å². The predicted octanol–water partition coefficient (Wildman–Crippen LogP) is 1.32. The van der Waals surface area contributed by atoms with Crippen molar-refractivity contribution in [3.05, 3.63) is 0 Å². The van der Waals surface area contributed by atoms with Gasteiger partial charge in [0.25, 0.3) is 0 Å². The molecule has 0 N–H and O–H groups in total. The number of halogens is 3. The number of ether oxygens (including phenoxy) is 1. The van der Waals surface area contributed by atoms with Crippen LogP contribution in [0.1, 0.15) is 13.8 Å². The Labute approximate surface area is 67.5 Å². The lowest BCUT2D eigenvalue weighted by Gasteiger charge is -2.04. The third-order valence-electron chi connectivity index (χ3n) is 0.439. The molecular formula is C6H9F3O3. The van der Waals surface area contributed by atoms with Crippen molar-refractivity contribution < 1.29 is 27.5 Å². The Kier molecular flexibility index (Phi) is 7.47. The Hall–Kier alpha value is -1.07. The molecule has 0 aliphatic heterocycles. The number of hydrogen-bond donors (Lipinski definition) is 0. The lowest BCUT2D eigenvalue weighted by Crippen LogP contribution is -2.18. The molecule has 0 amide bonds. The molecule has 0 saturated carbocycles. The number of aldehydes is 1. The van der Waals surface area contributed by atoms with E-state index in [1.54, 1.807) is 0 Å². The van der Waals surface area contributed by atoms with Gasteiger partial charge in [-0.15, -0.1) is 0 Å². The van der Waals surface area contributed by atoms with Gasteiger partial charge in [0, 0.05) is 6.92 Å². The number of esters is 1. The maximum atomic E-state index is 11.1. The largest absolute Gasteiger partial charge is 0.456 e. The second-order valence-corrected chi connectivity index (χ2v) is 1.63. The van der Waals surface area contributed by atoms with Gasteiger partial charge in [0.1, 0.15) is 6.29 Å². The molecule has 12 heavy (non-hydrogen) atoms. The summed E-state index contributed by atoms with van der Waals surface area (Å²) >= 11 is 0. The Balaban J connectivity index is 0. The second kappa shape index (κ2) is 6.63. The molecule has 0 aromatic rings. The van der Waals surface area contributed by atoms with Crippen molar-refractivity contribution in [2.45, 2.75) is 20.0 Å². The molecule has 6 heteroatoms. The van der Waals surface area contributed by atoms with E-state index >= 15 is 0 Å². The van der Waals surface area contributed by atoms with Crippen LogP contribution < -0.4 is 0 Å². The molecule has 0 rings (SSSR count). The number of carbonyl (C=O) groups excluding carboxylic acids is 2. The fourth-order valence-corrected chi connectivity index (χ4v) is 0.183. The summed E-state index contributed by atoms with van der Waals surface area (Å²) in [6, 6.07) is 0. The van der Waals surface area contributed by atoms with E-state index in [-0.39, 0.29) is 0 Å². The van der Waals surface area contributed by atoms with Gasteiger partial charge in [-0.05, 0) is 6.92 Å². The minimum Gasteiger partial charge on any atom is -0.456 e. The topological polar surface area (TPSA) is 43.4 Å². The summed E-state index contributed by atoms with van der Waals surface area (Å²) in [5, 5.41) is 0. The van der Waals surface area contributed by atoms with E-state index in [4.69, 9.17) is 4.79 Å². The van der Waals surface area contributed by atoms with Crippen LogP contribution in [-0.2, 0) is 14.3 Å². The van der Waals surface area contributed by atoms with E-state index in [9.17, 15) is 18.0 Å². The molecule has 0 radical (unpaired) electrons. The summed E-state index contributed by atoms with van der Waals surface area (Å²) in [7, 11) is 0. The highest BCUT2D eigenvalue weighted by Crippen LogP contribution is 2.14. The summed E-state index contributed by atoms with van der Waals surface area (Å²) in [5.41, 5.74) is 0. The monoisotopic (exact) mass is 186 g/mol. The highest BCUT2D eigenvalue weighted by molar-refractivity contribution is 5.65. The zero-order valence-corrected chi connectivity index (χ0v) is 6.64. The number of hydrogen-bond acceptors (Lipinski definition) is 3. The average molecular weight is 186 g/mol. The van der Waals surface area contributed by atoms with Crippen molar-refractivity contribution in [3.63, 3.8) is 0 Å². The molecule has 72 valence electrons. The van der Waals surface area contributed by atoms with Crippen molar-refractivity contribution in [1.29, 1.82) is 0 Å². The Morgan fingerprint density at radius 1 is 1.50 bits per heavy atom. The number of rotatable bonds is 1. The first-order chi connectivity index (χ1) is 5.33. The maximum absolute atomic E-state index is 11.1. The molecule has 0 atom stereocenters. The molecule has 0 unspecified atom stereocenters. The molecule has 0 aromatic heterocycles. The molecule has 0 aliphatic carbocycles. The fourth-order valence-electron chi connectivity index (χ4n) is 0.183. The van der Waals surface area contributed by atoms with Gasteiger partial charge in [0.05, 0.1) is 0 Å². The number of alkyl halides is 3. The predicted molar refractivity (Wildman–Crippen MR) is 34.4 cm³/mol. The van der Waals surface area contributed by atoms with Crippen molar-refractivity contribution in [1.82, 2.24) is 0 Å². The van der Waals surface area contributed by atoms with Gasteiger partial charge in [-0.1, -0.05) is 0 Å². The van der Waals surface area contributed by atoms with Gasteiger partial charge in [-0.3, -0.25) is 4.79 Å². The lowest BCUT2D eigenvalue weighted by atomic mass is 10.7. The van der Waals surface area contributed by atoms with E-state index < -0.39 is 18.8 Å². The molecule has 3 nitrogen and oxygen atoms in total. The minimum absolute atomic E-state index is 0.750. The number of carbonyl (C=O) groups is 2. The molecule has 0 aromatic carbocycles. The molecule has 0 spiro atoms. The molecule has 0 aliphatic rings. The zero-order chi connectivity index (χ0) is 10.2. The molecular weight excluding hydrogens is 177 g/mol. The quantitative estimate of drug-likeness (QED) is 0.458. The lowest BCUT2D eigenvalue weighted by molar-refractivity contribution is -0.184. The summed E-state index contributed by atoms with van der Waals surface area (Å²) in [5.74, 6) is -0.924. The SMILES string of the molecule is CC(=O)OCC(F)(F)F.CC=O. The first-order valence-corrected chi connectivity index (χ1v) is 2.93. The van der Waals surface area contributed by atoms with Crippen LogP contribution in [0.2, 0.25) is 0 Å². The Morgan fingerprint density at radius 3 is 1.92 bits per heavy atom. The van der Waals surface area contributed by atoms with Crippen molar-refractivity contribution >= 4 is 12.3 Å². The fraction of sp³-hybridized carbons (Fsp3) is 0.667. The van der Waals surface area contributed by atoms with E-state index in [1.165, 1.54) is 6.92 Å². The highest BCUT2D eigenvalue weighted by atomic mass is 19.4. The summed E-state index contributed by atoms with van der Waals surface area (Å²) in [6.07, 6.45) is -3.66. The van der Waals surface area contributed by atoms with Gasteiger partial charge >= 0.3 is 12.1 Å². The highest BCUT2D eigenvalue weighted by Gasteiger charge is 2.28. The van der Waals surface area contributed by atoms with Gasteiger partial charge in [0.2, 0.25) is 0 Å². The molecule has 0 bridgehead atoms. The van der Waals surface area contributed by atoms with Crippen LogP contribution in [0.25, 0.3) is 0 Å². The minimum atomic E-state index is -4.41. The standard InChI is InChI=1S/C4H5F3O2.C2H4O/c1-3(8)9-2-4(5,6)7;1-2-3/h2H2,1H3;2H,1H3. The molecule has 0 fully saturated rings. The summed E-state index contributed by atoms with van der Waals surface area (Å²) < 4.78 is 37.1. The Bertz CT molecular complexity index is 141. The van der Waals surface area contributed by atoms with Crippen molar-refractivity contribution in [2.75, 3.05) is 6.61 Å². The molecule has 0 heterocycles. The first kappa shape index (κ1) is 13.5. The Morgan fingerprint density at radius 2 is 1.83 bits per heavy atom. The average Bonchev–Trinajstić information content (AvgIpc) is 1.84. The molecule has 0 saturated heterocycles. The van der Waals surface area contributed by atoms with Crippen LogP contribution in [0.15, 0.2) is 0 Å². The van der Waals surface area contributed by atoms with Crippen LogP contribution in [0.5, 0.6) is 0 Å². The van der Waals surface area contributed by atoms with Gasteiger partial charge in [0.15, 0.2) is 6.61 Å². The normalized spacial score (nSPS) is 9.42. The van der Waals surface area contributed by atoms with Crippen molar-refractivity contribution in [3.8, 4) is 0 Å². The zero-order valence-electron chi connectivity index (χ0n) is 6.64. The van der Waals surface area contributed by atoms with E-state index in [0.717, 1.165) is 13.2 Å². The van der Waals surface area contributed by atoms with Crippen LogP contribution in [0.3, 0.4) is 0 Å². The third kappa shape index (κ3) is 23.1. The van der Waals surface area contributed by atoms with E-state index in [0.29, 0.717) is 0 Å². The first-order valence-electron chi connectivity index (χ1n) is 2.93. The van der Waals surface area contributed by atoms with E-state index in [2.05, 4.69) is 4.74 Å². The second-order valence-electron chi connectivity index (χ2n) is 1.63. The smallest absolute Gasteiger partial charge is 0.422 e. The van der Waals surface area contributed by atoms with Crippen LogP contribution >= 0.6 is 0 Å². The van der Waals surface area contributed by atoms with Gasteiger partial charge in [-0.25, -0.2) is 0 Å². The maximum Gasteiger partial charge on any atom is 0.422 e. The third-order valence-corrected chi connectivity index (χ3v) is 0.439. The van der Waals surface area contributed by atoms with Gasteiger partial charge < -0.3 is 9.53 Å². The van der Waals surface area contributed by atoms with Gasteiger partial charge in [-0.2, -0.15) is 13.2 Å². The van der Waals surface area contributed by atoms with E-state index in [1.807, 2.05) is 0 Å². The summed E-state index contributed by atoms with van der Waals surface area (Å²) in [6.45, 7) is 0.869.